The summed E-state index contributed by atoms with van der Waals surface area (Å²) in [7, 11) is 0. The molecule has 0 aliphatic rings. The van der Waals surface area contributed by atoms with Gasteiger partial charge in [0.15, 0.2) is 0 Å². The molecule has 0 heterocycles. The molecule has 1 unspecified atom stereocenters. The summed E-state index contributed by atoms with van der Waals surface area (Å²) in [6.45, 7) is 2.19. The molecule has 2 rings (SSSR count). The molecule has 0 saturated carbocycles. The largest absolute Gasteiger partial charge is 0.489 e. The molecule has 1 N–H and O–H groups in total. The number of aliphatic carboxylic acids is 1. The second-order valence-electron chi connectivity index (χ2n) is 5.46. The molecule has 1 atom stereocenters. The first-order chi connectivity index (χ1) is 11.6. The van der Waals surface area contributed by atoms with E-state index in [9.17, 15) is 9.18 Å². The molecular formula is C19H21FO3S. The third kappa shape index (κ3) is 5.89. The van der Waals surface area contributed by atoms with Crippen molar-refractivity contribution in [2.45, 2.75) is 37.4 Å². The van der Waals surface area contributed by atoms with Crippen LogP contribution in [0.1, 0.15) is 30.9 Å². The molecule has 2 aromatic carbocycles. The van der Waals surface area contributed by atoms with E-state index >= 15 is 0 Å². The maximum absolute atomic E-state index is 13.5. The van der Waals surface area contributed by atoms with Crippen molar-refractivity contribution in [3.8, 4) is 5.75 Å². The van der Waals surface area contributed by atoms with E-state index in [0.717, 1.165) is 17.7 Å². The maximum atomic E-state index is 13.5. The number of carbonyl (C=O) groups is 1. The lowest BCUT2D eigenvalue weighted by atomic mass is 10.2. The molecule has 2 aromatic rings. The van der Waals surface area contributed by atoms with Crippen LogP contribution in [0.25, 0.3) is 0 Å². The Morgan fingerprint density at radius 3 is 2.54 bits per heavy atom. The molecule has 0 aliphatic carbocycles. The van der Waals surface area contributed by atoms with Crippen LogP contribution in [0.3, 0.4) is 0 Å². The van der Waals surface area contributed by atoms with Gasteiger partial charge in [0, 0.05) is 16.6 Å². The molecule has 0 spiro atoms. The van der Waals surface area contributed by atoms with Crippen molar-refractivity contribution in [2.75, 3.05) is 0 Å². The van der Waals surface area contributed by atoms with E-state index in [1.807, 2.05) is 31.2 Å². The van der Waals surface area contributed by atoms with Gasteiger partial charge in [0.2, 0.25) is 0 Å². The summed E-state index contributed by atoms with van der Waals surface area (Å²) in [5.74, 6) is 0.421. The van der Waals surface area contributed by atoms with Gasteiger partial charge >= 0.3 is 5.97 Å². The minimum atomic E-state index is -0.758. The number of hydrogen-bond donors (Lipinski definition) is 1. The van der Waals surface area contributed by atoms with Gasteiger partial charge in [0.1, 0.15) is 18.2 Å². The molecule has 0 bridgehead atoms. The SMILES string of the molecule is CCC(CC(=O)O)SCc1ccc(OCc2ccccc2F)cc1. The molecule has 0 aliphatic heterocycles. The van der Waals surface area contributed by atoms with E-state index in [1.54, 1.807) is 30.0 Å². The second-order valence-corrected chi connectivity index (χ2v) is 6.75. The van der Waals surface area contributed by atoms with Crippen LogP contribution in [0.5, 0.6) is 5.75 Å². The average Bonchev–Trinajstić information content (AvgIpc) is 2.58. The van der Waals surface area contributed by atoms with Gasteiger partial charge < -0.3 is 9.84 Å². The smallest absolute Gasteiger partial charge is 0.304 e. The first kappa shape index (κ1) is 18.3. The number of carboxylic acid groups (broad SMARTS) is 1. The first-order valence-electron chi connectivity index (χ1n) is 7.87. The first-order valence-corrected chi connectivity index (χ1v) is 8.92. The molecule has 3 nitrogen and oxygen atoms in total. The fraction of sp³-hybridized carbons (Fsp3) is 0.316. The minimum absolute atomic E-state index is 0.125. The lowest BCUT2D eigenvalue weighted by molar-refractivity contribution is -0.136. The number of carboxylic acids is 1. The van der Waals surface area contributed by atoms with Crippen molar-refractivity contribution in [1.82, 2.24) is 0 Å². The lowest BCUT2D eigenvalue weighted by Crippen LogP contribution is -2.08. The maximum Gasteiger partial charge on any atom is 0.304 e. The Labute approximate surface area is 145 Å². The lowest BCUT2D eigenvalue weighted by Gasteiger charge is -2.12. The van der Waals surface area contributed by atoms with Crippen molar-refractivity contribution in [3.05, 3.63) is 65.5 Å². The average molecular weight is 348 g/mol. The van der Waals surface area contributed by atoms with E-state index in [0.29, 0.717) is 11.3 Å². The van der Waals surface area contributed by atoms with Crippen molar-refractivity contribution in [2.24, 2.45) is 0 Å². The second kappa shape index (κ2) is 9.33. The summed E-state index contributed by atoms with van der Waals surface area (Å²) in [6.07, 6.45) is 1.02. The van der Waals surface area contributed by atoms with Crippen molar-refractivity contribution < 1.29 is 19.0 Å². The highest BCUT2D eigenvalue weighted by Gasteiger charge is 2.11. The van der Waals surface area contributed by atoms with Gasteiger partial charge in [-0.2, -0.15) is 11.8 Å². The molecular weight excluding hydrogens is 327 g/mol. The van der Waals surface area contributed by atoms with Gasteiger partial charge in [-0.1, -0.05) is 37.3 Å². The van der Waals surface area contributed by atoms with Gasteiger partial charge in [-0.05, 0) is 30.2 Å². The highest BCUT2D eigenvalue weighted by atomic mass is 32.2. The summed E-state index contributed by atoms with van der Waals surface area (Å²) >= 11 is 1.65. The van der Waals surface area contributed by atoms with Gasteiger partial charge in [-0.25, -0.2) is 4.39 Å². The predicted molar refractivity (Wildman–Crippen MR) is 94.8 cm³/mol. The Morgan fingerprint density at radius 2 is 1.92 bits per heavy atom. The molecule has 0 amide bonds. The van der Waals surface area contributed by atoms with Crippen LogP contribution in [-0.2, 0) is 17.2 Å². The number of rotatable bonds is 9. The predicted octanol–water partition coefficient (Wildman–Crippen LogP) is 4.89. The van der Waals surface area contributed by atoms with Gasteiger partial charge in [-0.15, -0.1) is 0 Å². The van der Waals surface area contributed by atoms with E-state index in [4.69, 9.17) is 9.84 Å². The Kier molecular flexibility index (Phi) is 7.12. The summed E-state index contributed by atoms with van der Waals surface area (Å²) in [6, 6.07) is 14.2. The van der Waals surface area contributed by atoms with Crippen molar-refractivity contribution >= 4 is 17.7 Å². The zero-order valence-corrected chi connectivity index (χ0v) is 14.4. The van der Waals surface area contributed by atoms with Crippen LogP contribution in [0.2, 0.25) is 0 Å². The minimum Gasteiger partial charge on any atom is -0.489 e. The van der Waals surface area contributed by atoms with E-state index in [2.05, 4.69) is 0 Å². The topological polar surface area (TPSA) is 46.5 Å². The van der Waals surface area contributed by atoms with Gasteiger partial charge in [-0.3, -0.25) is 4.79 Å². The molecule has 24 heavy (non-hydrogen) atoms. The van der Waals surface area contributed by atoms with Crippen LogP contribution in [0, 0.1) is 5.82 Å². The molecule has 0 radical (unpaired) electrons. The third-order valence-corrected chi connectivity index (χ3v) is 5.09. The standard InChI is InChI=1S/C19H21FO3S/c1-2-17(11-19(21)22)24-13-14-7-9-16(10-8-14)23-12-15-5-3-4-6-18(15)20/h3-10,17H,2,11-13H2,1H3,(H,21,22). The van der Waals surface area contributed by atoms with E-state index in [-0.39, 0.29) is 24.1 Å². The number of hydrogen-bond acceptors (Lipinski definition) is 3. The molecule has 128 valence electrons. The fourth-order valence-electron chi connectivity index (χ4n) is 2.19. The molecule has 0 aromatic heterocycles. The number of ether oxygens (including phenoxy) is 1. The zero-order chi connectivity index (χ0) is 17.4. The summed E-state index contributed by atoms with van der Waals surface area (Å²) in [5.41, 5.74) is 1.64. The normalized spacial score (nSPS) is 11.9. The van der Waals surface area contributed by atoms with Gasteiger partial charge in [0.05, 0.1) is 6.42 Å². The number of benzene rings is 2. The van der Waals surface area contributed by atoms with Crippen LogP contribution < -0.4 is 4.74 Å². The monoisotopic (exact) mass is 348 g/mol. The van der Waals surface area contributed by atoms with E-state index in [1.165, 1.54) is 6.07 Å². The summed E-state index contributed by atoms with van der Waals surface area (Å²) in [4.78, 5) is 10.8. The fourth-order valence-corrected chi connectivity index (χ4v) is 3.31. The van der Waals surface area contributed by atoms with Crippen molar-refractivity contribution in [1.29, 1.82) is 0 Å². The third-order valence-electron chi connectivity index (χ3n) is 3.62. The quantitative estimate of drug-likeness (QED) is 0.701. The Balaban J connectivity index is 1.84. The Morgan fingerprint density at radius 1 is 1.21 bits per heavy atom. The van der Waals surface area contributed by atoms with Crippen molar-refractivity contribution in [3.63, 3.8) is 0 Å². The zero-order valence-electron chi connectivity index (χ0n) is 13.6. The van der Waals surface area contributed by atoms with Crippen LogP contribution in [0.15, 0.2) is 48.5 Å². The Bertz CT molecular complexity index is 658. The summed E-state index contributed by atoms with van der Waals surface area (Å²) in [5, 5.41) is 8.99. The molecule has 0 saturated heterocycles. The Hall–Kier alpha value is -2.01. The van der Waals surface area contributed by atoms with Crippen LogP contribution in [-0.4, -0.2) is 16.3 Å². The molecule has 5 heteroatoms. The van der Waals surface area contributed by atoms with E-state index < -0.39 is 5.97 Å². The number of thioether (sulfide) groups is 1. The highest BCUT2D eigenvalue weighted by molar-refractivity contribution is 7.99. The molecule has 0 fully saturated rings. The van der Waals surface area contributed by atoms with Gasteiger partial charge in [0.25, 0.3) is 0 Å². The number of halogens is 1. The highest BCUT2D eigenvalue weighted by Crippen LogP contribution is 2.24. The summed E-state index contributed by atoms with van der Waals surface area (Å²) < 4.78 is 19.1. The van der Waals surface area contributed by atoms with Crippen LogP contribution >= 0.6 is 11.8 Å². The van der Waals surface area contributed by atoms with Crippen LogP contribution in [0.4, 0.5) is 4.39 Å².